The summed E-state index contributed by atoms with van der Waals surface area (Å²) in [6.45, 7) is 4.17. The number of nitrogens with two attached hydrogens (primary N) is 1. The van der Waals surface area contributed by atoms with Gasteiger partial charge in [-0.15, -0.1) is 0 Å². The van der Waals surface area contributed by atoms with Gasteiger partial charge < -0.3 is 16.0 Å². The Morgan fingerprint density at radius 3 is 2.64 bits per heavy atom. The quantitative estimate of drug-likeness (QED) is 0.720. The first kappa shape index (κ1) is 17.8. The van der Waals surface area contributed by atoms with Gasteiger partial charge in [0.2, 0.25) is 5.91 Å². The van der Waals surface area contributed by atoms with Crippen LogP contribution < -0.4 is 16.0 Å². The fourth-order valence-electron chi connectivity index (χ4n) is 3.54. The van der Waals surface area contributed by atoms with Crippen LogP contribution in [-0.4, -0.2) is 21.6 Å². The summed E-state index contributed by atoms with van der Waals surface area (Å²) < 4.78 is 1.77. The summed E-state index contributed by atoms with van der Waals surface area (Å²) in [5, 5.41) is 7.72. The highest BCUT2D eigenvalue weighted by Crippen LogP contribution is 2.37. The number of nitrogens with one attached hydrogen (secondary N) is 1. The van der Waals surface area contributed by atoms with Crippen LogP contribution in [0.25, 0.3) is 0 Å². The van der Waals surface area contributed by atoms with Gasteiger partial charge >= 0.3 is 0 Å². The topological polar surface area (TPSA) is 93.2 Å². The Morgan fingerprint density at radius 1 is 1.14 bits per heavy atom. The molecule has 7 heteroatoms. The minimum absolute atomic E-state index is 0.150. The van der Waals surface area contributed by atoms with E-state index in [1.807, 2.05) is 32.2 Å². The van der Waals surface area contributed by atoms with Crippen molar-refractivity contribution in [1.82, 2.24) is 9.78 Å². The lowest BCUT2D eigenvalue weighted by molar-refractivity contribution is 0.0978. The van der Waals surface area contributed by atoms with E-state index in [1.165, 1.54) is 0 Å². The molecule has 1 aliphatic rings. The van der Waals surface area contributed by atoms with Crippen molar-refractivity contribution < 1.29 is 9.59 Å². The number of aromatic nitrogens is 2. The molecule has 2 heterocycles. The molecule has 142 valence electrons. The average Bonchev–Trinajstić information content (AvgIpc) is 2.90. The molecule has 0 fully saturated rings. The first-order valence-electron chi connectivity index (χ1n) is 8.96. The maximum Gasteiger partial charge on any atom is 0.258 e. The van der Waals surface area contributed by atoms with Crippen LogP contribution in [0.1, 0.15) is 37.4 Å². The molecule has 0 radical (unpaired) electrons. The number of anilines is 3. The van der Waals surface area contributed by atoms with E-state index in [-0.39, 0.29) is 5.91 Å². The lowest BCUT2D eigenvalue weighted by Crippen LogP contribution is -2.30. The lowest BCUT2D eigenvalue weighted by Gasteiger charge is -2.23. The Bertz CT molecular complexity index is 1120. The van der Waals surface area contributed by atoms with E-state index >= 15 is 0 Å². The first-order valence-corrected chi connectivity index (χ1v) is 8.96. The number of aryl methyl sites for hydroxylation is 3. The predicted molar refractivity (Wildman–Crippen MR) is 108 cm³/mol. The van der Waals surface area contributed by atoms with Gasteiger partial charge in [0.05, 0.1) is 24.1 Å². The molecule has 0 spiro atoms. The number of hydrogen-bond acceptors (Lipinski definition) is 4. The van der Waals surface area contributed by atoms with Gasteiger partial charge in [0.1, 0.15) is 5.82 Å². The second-order valence-electron chi connectivity index (χ2n) is 7.07. The highest BCUT2D eigenvalue weighted by atomic mass is 16.2. The van der Waals surface area contributed by atoms with Gasteiger partial charge in [0.15, 0.2) is 0 Å². The van der Waals surface area contributed by atoms with Gasteiger partial charge in [-0.2, -0.15) is 5.10 Å². The van der Waals surface area contributed by atoms with Crippen molar-refractivity contribution in [3.63, 3.8) is 0 Å². The minimum Gasteiger partial charge on any atom is -0.366 e. The molecule has 3 aromatic rings. The van der Waals surface area contributed by atoms with E-state index in [0.717, 1.165) is 28.3 Å². The molecule has 3 N–H and O–H groups in total. The SMILES string of the molecule is Cc1ccc2c(c1)Nc1c(cnn1C)CN2C(=O)c1ccc(C(N)=O)c(C)c1. The smallest absolute Gasteiger partial charge is 0.258 e. The third-order valence-electron chi connectivity index (χ3n) is 5.02. The Balaban J connectivity index is 1.81. The number of rotatable bonds is 2. The third-order valence-corrected chi connectivity index (χ3v) is 5.02. The molecule has 0 bridgehead atoms. The fraction of sp³-hybridized carbons (Fsp3) is 0.190. The zero-order valence-electron chi connectivity index (χ0n) is 16.0. The van der Waals surface area contributed by atoms with Gasteiger partial charge in [-0.25, -0.2) is 0 Å². The number of fused-ring (bicyclic) bond motifs is 2. The molecular formula is C21H21N5O2. The van der Waals surface area contributed by atoms with Crippen molar-refractivity contribution >= 4 is 29.0 Å². The van der Waals surface area contributed by atoms with Crippen LogP contribution in [0.2, 0.25) is 0 Å². The summed E-state index contributed by atoms with van der Waals surface area (Å²) in [5.74, 6) is 0.210. The normalized spacial score (nSPS) is 12.6. The molecule has 2 amide bonds. The highest BCUT2D eigenvalue weighted by Gasteiger charge is 2.27. The number of hydrogen-bond donors (Lipinski definition) is 2. The van der Waals surface area contributed by atoms with Crippen LogP contribution in [0.5, 0.6) is 0 Å². The van der Waals surface area contributed by atoms with Gasteiger partial charge in [0.25, 0.3) is 5.91 Å². The van der Waals surface area contributed by atoms with E-state index in [9.17, 15) is 9.59 Å². The molecule has 28 heavy (non-hydrogen) atoms. The molecular weight excluding hydrogens is 354 g/mol. The zero-order valence-corrected chi connectivity index (χ0v) is 16.0. The highest BCUT2D eigenvalue weighted by molar-refractivity contribution is 6.09. The van der Waals surface area contributed by atoms with Crippen LogP contribution in [0.3, 0.4) is 0 Å². The van der Waals surface area contributed by atoms with Crippen LogP contribution >= 0.6 is 0 Å². The molecule has 0 saturated carbocycles. The molecule has 0 atom stereocenters. The summed E-state index contributed by atoms with van der Waals surface area (Å²) in [7, 11) is 1.87. The van der Waals surface area contributed by atoms with Gasteiger partial charge in [-0.1, -0.05) is 6.07 Å². The maximum atomic E-state index is 13.4. The van der Waals surface area contributed by atoms with Crippen molar-refractivity contribution in [2.45, 2.75) is 20.4 Å². The van der Waals surface area contributed by atoms with Crippen LogP contribution in [0, 0.1) is 13.8 Å². The number of benzene rings is 2. The van der Waals surface area contributed by atoms with E-state index in [1.54, 1.807) is 40.9 Å². The second kappa shape index (κ2) is 6.53. The molecule has 7 nitrogen and oxygen atoms in total. The molecule has 0 unspecified atom stereocenters. The van der Waals surface area contributed by atoms with Crippen molar-refractivity contribution in [2.24, 2.45) is 12.8 Å². The summed E-state index contributed by atoms with van der Waals surface area (Å²) in [6.07, 6.45) is 1.77. The maximum absolute atomic E-state index is 13.4. The predicted octanol–water partition coefficient (Wildman–Crippen LogP) is 3.04. The summed E-state index contributed by atoms with van der Waals surface area (Å²) in [5.41, 5.74) is 10.6. The van der Waals surface area contributed by atoms with Crippen molar-refractivity contribution in [2.75, 3.05) is 10.2 Å². The van der Waals surface area contributed by atoms with Gasteiger partial charge in [0, 0.05) is 23.7 Å². The number of nitrogens with zero attached hydrogens (tertiary/aromatic N) is 3. The van der Waals surface area contributed by atoms with Crippen LogP contribution in [-0.2, 0) is 13.6 Å². The monoisotopic (exact) mass is 375 g/mol. The first-order chi connectivity index (χ1) is 13.3. The summed E-state index contributed by atoms with van der Waals surface area (Å²) in [6, 6.07) is 10.9. The molecule has 2 aromatic carbocycles. The van der Waals surface area contributed by atoms with E-state index in [2.05, 4.69) is 10.4 Å². The molecule has 4 rings (SSSR count). The van der Waals surface area contributed by atoms with E-state index < -0.39 is 5.91 Å². The second-order valence-corrected chi connectivity index (χ2v) is 7.07. The van der Waals surface area contributed by atoms with E-state index in [0.29, 0.717) is 23.2 Å². The zero-order chi connectivity index (χ0) is 20.0. The summed E-state index contributed by atoms with van der Waals surface area (Å²) in [4.78, 5) is 26.6. The number of primary amides is 1. The minimum atomic E-state index is -0.503. The Morgan fingerprint density at radius 2 is 1.93 bits per heavy atom. The average molecular weight is 375 g/mol. The van der Waals surface area contributed by atoms with Crippen molar-refractivity contribution in [3.05, 3.63) is 70.4 Å². The number of amides is 2. The van der Waals surface area contributed by atoms with Crippen LogP contribution in [0.4, 0.5) is 17.2 Å². The van der Waals surface area contributed by atoms with Gasteiger partial charge in [-0.05, 0) is 55.3 Å². The molecule has 1 aromatic heterocycles. The third kappa shape index (κ3) is 2.90. The van der Waals surface area contributed by atoms with E-state index in [4.69, 9.17) is 5.73 Å². The molecule has 0 aliphatic carbocycles. The molecule has 1 aliphatic heterocycles. The Hall–Kier alpha value is -3.61. The summed E-state index contributed by atoms with van der Waals surface area (Å²) >= 11 is 0. The Labute approximate surface area is 162 Å². The Kier molecular flexibility index (Phi) is 4.15. The van der Waals surface area contributed by atoms with Crippen molar-refractivity contribution in [1.29, 1.82) is 0 Å². The molecule has 0 saturated heterocycles. The van der Waals surface area contributed by atoms with Gasteiger partial charge in [-0.3, -0.25) is 14.3 Å². The van der Waals surface area contributed by atoms with Crippen LogP contribution in [0.15, 0.2) is 42.6 Å². The standard InChI is InChI=1S/C21H21N5O2/c1-12-4-7-18-17(8-12)24-20-15(10-23-25(20)3)11-26(18)21(28)14-5-6-16(19(22)27)13(2)9-14/h4-10,24H,11H2,1-3H3,(H2,22,27). The van der Waals surface area contributed by atoms with Crippen molar-refractivity contribution in [3.8, 4) is 0 Å². The lowest BCUT2D eigenvalue weighted by atomic mass is 10.0. The number of carbonyl (C=O) groups is 2. The fourth-order valence-corrected chi connectivity index (χ4v) is 3.54. The number of carbonyl (C=O) groups excluding carboxylic acids is 2. The largest absolute Gasteiger partial charge is 0.366 e.